The highest BCUT2D eigenvalue weighted by Gasteiger charge is 2.19. The van der Waals surface area contributed by atoms with Gasteiger partial charge in [0.2, 0.25) is 0 Å². The lowest BCUT2D eigenvalue weighted by molar-refractivity contribution is 0.0818. The molecule has 0 aromatic heterocycles. The van der Waals surface area contributed by atoms with Crippen LogP contribution in [0.25, 0.3) is 0 Å². The van der Waals surface area contributed by atoms with Gasteiger partial charge in [0, 0.05) is 6.04 Å². The molecular formula is C11H21NO. The SMILES string of the molecule is CC=CCOC(C)CCNC1CC1. The molecular weight excluding hydrogens is 162 g/mol. The van der Waals surface area contributed by atoms with Crippen LogP contribution in [0.4, 0.5) is 0 Å². The van der Waals surface area contributed by atoms with Crippen molar-refractivity contribution in [3.8, 4) is 0 Å². The third-order valence-electron chi connectivity index (χ3n) is 2.27. The first-order chi connectivity index (χ1) is 6.33. The Labute approximate surface area is 81.4 Å². The van der Waals surface area contributed by atoms with Crippen molar-refractivity contribution < 1.29 is 4.74 Å². The van der Waals surface area contributed by atoms with E-state index in [0.29, 0.717) is 6.10 Å². The van der Waals surface area contributed by atoms with Crippen molar-refractivity contribution >= 4 is 0 Å². The van der Waals surface area contributed by atoms with Crippen LogP contribution in [0.2, 0.25) is 0 Å². The van der Waals surface area contributed by atoms with E-state index in [-0.39, 0.29) is 0 Å². The van der Waals surface area contributed by atoms with Gasteiger partial charge < -0.3 is 10.1 Å². The number of hydrogen-bond donors (Lipinski definition) is 1. The molecule has 0 aromatic rings. The van der Waals surface area contributed by atoms with Gasteiger partial charge in [0.1, 0.15) is 0 Å². The molecule has 0 bridgehead atoms. The number of rotatable bonds is 7. The zero-order chi connectivity index (χ0) is 9.52. The maximum Gasteiger partial charge on any atom is 0.0650 e. The molecule has 1 atom stereocenters. The molecule has 0 saturated heterocycles. The van der Waals surface area contributed by atoms with E-state index in [2.05, 4.69) is 12.2 Å². The van der Waals surface area contributed by atoms with Crippen LogP contribution in [0.1, 0.15) is 33.1 Å². The van der Waals surface area contributed by atoms with E-state index in [4.69, 9.17) is 4.74 Å². The monoisotopic (exact) mass is 183 g/mol. The van der Waals surface area contributed by atoms with Crippen LogP contribution in [-0.4, -0.2) is 25.3 Å². The number of hydrogen-bond acceptors (Lipinski definition) is 2. The third kappa shape index (κ3) is 5.83. The van der Waals surface area contributed by atoms with E-state index in [0.717, 1.165) is 25.6 Å². The molecule has 1 fully saturated rings. The minimum Gasteiger partial charge on any atom is -0.374 e. The molecule has 0 heterocycles. The molecule has 2 heteroatoms. The van der Waals surface area contributed by atoms with Gasteiger partial charge >= 0.3 is 0 Å². The Morgan fingerprint density at radius 1 is 1.54 bits per heavy atom. The Bertz CT molecular complexity index is 152. The molecule has 1 rings (SSSR count). The van der Waals surface area contributed by atoms with Gasteiger partial charge in [0.15, 0.2) is 0 Å². The van der Waals surface area contributed by atoms with Crippen LogP contribution in [0, 0.1) is 0 Å². The topological polar surface area (TPSA) is 21.3 Å². The van der Waals surface area contributed by atoms with Crippen molar-refractivity contribution in [1.82, 2.24) is 5.32 Å². The summed E-state index contributed by atoms with van der Waals surface area (Å²) in [5, 5.41) is 3.48. The minimum atomic E-state index is 0.377. The third-order valence-corrected chi connectivity index (χ3v) is 2.27. The van der Waals surface area contributed by atoms with E-state index < -0.39 is 0 Å². The van der Waals surface area contributed by atoms with Gasteiger partial charge in [-0.2, -0.15) is 0 Å². The van der Waals surface area contributed by atoms with Crippen molar-refractivity contribution in [1.29, 1.82) is 0 Å². The Kier molecular flexibility index (Phi) is 5.09. The molecule has 2 nitrogen and oxygen atoms in total. The summed E-state index contributed by atoms with van der Waals surface area (Å²) in [6, 6.07) is 0.822. The maximum absolute atomic E-state index is 5.56. The molecule has 13 heavy (non-hydrogen) atoms. The summed E-state index contributed by atoms with van der Waals surface area (Å²) in [5.41, 5.74) is 0. The summed E-state index contributed by atoms with van der Waals surface area (Å²) in [5.74, 6) is 0. The first-order valence-corrected chi connectivity index (χ1v) is 5.29. The van der Waals surface area contributed by atoms with Gasteiger partial charge in [-0.15, -0.1) is 0 Å². The average molecular weight is 183 g/mol. The van der Waals surface area contributed by atoms with E-state index in [1.807, 2.05) is 19.1 Å². The van der Waals surface area contributed by atoms with Gasteiger partial charge in [-0.25, -0.2) is 0 Å². The zero-order valence-corrected chi connectivity index (χ0v) is 8.75. The van der Waals surface area contributed by atoms with Crippen LogP contribution in [0.5, 0.6) is 0 Å². The number of ether oxygens (including phenoxy) is 1. The molecule has 0 aromatic carbocycles. The second-order valence-corrected chi connectivity index (χ2v) is 3.73. The summed E-state index contributed by atoms with van der Waals surface area (Å²) in [4.78, 5) is 0. The Morgan fingerprint density at radius 3 is 2.92 bits per heavy atom. The predicted octanol–water partition coefficient (Wildman–Crippen LogP) is 2.11. The highest BCUT2D eigenvalue weighted by molar-refractivity contribution is 4.81. The molecule has 0 spiro atoms. The van der Waals surface area contributed by atoms with Gasteiger partial charge in [-0.1, -0.05) is 12.2 Å². The fourth-order valence-corrected chi connectivity index (χ4v) is 1.18. The van der Waals surface area contributed by atoms with Crippen molar-refractivity contribution in [2.75, 3.05) is 13.2 Å². The Balaban J connectivity index is 1.86. The van der Waals surface area contributed by atoms with E-state index in [1.165, 1.54) is 12.8 Å². The summed E-state index contributed by atoms with van der Waals surface area (Å²) in [6.07, 6.45) is 8.30. The smallest absolute Gasteiger partial charge is 0.0650 e. The maximum atomic E-state index is 5.56. The largest absolute Gasteiger partial charge is 0.374 e. The molecule has 1 aliphatic rings. The van der Waals surface area contributed by atoms with E-state index in [9.17, 15) is 0 Å². The molecule has 0 radical (unpaired) electrons. The van der Waals surface area contributed by atoms with Crippen LogP contribution >= 0.6 is 0 Å². The highest BCUT2D eigenvalue weighted by Crippen LogP contribution is 2.18. The van der Waals surface area contributed by atoms with Gasteiger partial charge in [-0.05, 0) is 39.7 Å². The Morgan fingerprint density at radius 2 is 2.31 bits per heavy atom. The van der Waals surface area contributed by atoms with Gasteiger partial charge in [0.05, 0.1) is 12.7 Å². The number of nitrogens with one attached hydrogen (secondary N) is 1. The lowest BCUT2D eigenvalue weighted by Crippen LogP contribution is -2.22. The lowest BCUT2D eigenvalue weighted by atomic mass is 10.3. The summed E-state index contributed by atoms with van der Waals surface area (Å²) in [7, 11) is 0. The fourth-order valence-electron chi connectivity index (χ4n) is 1.18. The predicted molar refractivity (Wildman–Crippen MR) is 55.9 cm³/mol. The Hall–Kier alpha value is -0.340. The summed E-state index contributed by atoms with van der Waals surface area (Å²) < 4.78 is 5.56. The van der Waals surface area contributed by atoms with Crippen LogP contribution in [-0.2, 0) is 4.74 Å². The molecule has 0 aliphatic heterocycles. The quantitative estimate of drug-likeness (QED) is 0.610. The van der Waals surface area contributed by atoms with Crippen LogP contribution in [0.3, 0.4) is 0 Å². The molecule has 1 N–H and O–H groups in total. The molecule has 1 unspecified atom stereocenters. The molecule has 1 aliphatic carbocycles. The zero-order valence-electron chi connectivity index (χ0n) is 8.75. The van der Waals surface area contributed by atoms with Crippen molar-refractivity contribution in [3.05, 3.63) is 12.2 Å². The standard InChI is InChI=1S/C11H21NO/c1-3-4-9-13-10(2)7-8-12-11-5-6-11/h3-4,10-12H,5-9H2,1-2H3. The van der Waals surface area contributed by atoms with Crippen molar-refractivity contribution in [2.45, 2.75) is 45.3 Å². The van der Waals surface area contributed by atoms with Crippen LogP contribution < -0.4 is 5.32 Å². The second-order valence-electron chi connectivity index (χ2n) is 3.73. The molecule has 76 valence electrons. The van der Waals surface area contributed by atoms with Gasteiger partial charge in [0.25, 0.3) is 0 Å². The highest BCUT2D eigenvalue weighted by atomic mass is 16.5. The molecule has 0 amide bonds. The second kappa shape index (κ2) is 6.17. The first-order valence-electron chi connectivity index (χ1n) is 5.29. The fraction of sp³-hybridized carbons (Fsp3) is 0.818. The summed E-state index contributed by atoms with van der Waals surface area (Å²) >= 11 is 0. The van der Waals surface area contributed by atoms with Gasteiger partial charge in [-0.3, -0.25) is 0 Å². The first kappa shape index (κ1) is 10.7. The van der Waals surface area contributed by atoms with Crippen molar-refractivity contribution in [3.63, 3.8) is 0 Å². The normalized spacial score (nSPS) is 19.5. The summed E-state index contributed by atoms with van der Waals surface area (Å²) in [6.45, 7) is 6.00. The average Bonchev–Trinajstić information content (AvgIpc) is 2.89. The molecule has 1 saturated carbocycles. The minimum absolute atomic E-state index is 0.377. The number of allylic oxidation sites excluding steroid dienone is 1. The van der Waals surface area contributed by atoms with Crippen molar-refractivity contribution in [2.24, 2.45) is 0 Å². The van der Waals surface area contributed by atoms with Crippen LogP contribution in [0.15, 0.2) is 12.2 Å². The lowest BCUT2D eigenvalue weighted by Gasteiger charge is -2.11. The van der Waals surface area contributed by atoms with E-state index in [1.54, 1.807) is 0 Å². The van der Waals surface area contributed by atoms with E-state index >= 15 is 0 Å².